The third-order valence-corrected chi connectivity index (χ3v) is 6.80. The zero-order valence-corrected chi connectivity index (χ0v) is 21.1. The van der Waals surface area contributed by atoms with Crippen molar-refractivity contribution in [1.82, 2.24) is 24.4 Å². The van der Waals surface area contributed by atoms with E-state index in [0.717, 1.165) is 18.3 Å². The summed E-state index contributed by atoms with van der Waals surface area (Å²) in [5.74, 6) is -1.79. The van der Waals surface area contributed by atoms with Crippen LogP contribution < -0.4 is 4.74 Å². The first kappa shape index (κ1) is 26.5. The summed E-state index contributed by atoms with van der Waals surface area (Å²) in [6, 6.07) is 10.2. The van der Waals surface area contributed by atoms with E-state index in [9.17, 15) is 26.7 Å². The Morgan fingerprint density at radius 1 is 1.00 bits per heavy atom. The van der Waals surface area contributed by atoms with Gasteiger partial charge in [0.05, 0.1) is 19.0 Å². The predicted molar refractivity (Wildman–Crippen MR) is 132 cm³/mol. The smallest absolute Gasteiger partial charge is 0.433 e. The Hall–Kier alpha value is -4.06. The maximum Gasteiger partial charge on any atom is 0.433 e. The third kappa shape index (κ3) is 5.16. The van der Waals surface area contributed by atoms with Crippen LogP contribution in [0, 0.1) is 18.6 Å². The van der Waals surface area contributed by atoms with Crippen LogP contribution in [0.3, 0.4) is 0 Å². The first-order valence-electron chi connectivity index (χ1n) is 12.1. The monoisotopic (exact) mass is 545 g/mol. The summed E-state index contributed by atoms with van der Waals surface area (Å²) in [6.07, 6.45) is -3.63. The van der Waals surface area contributed by atoms with E-state index in [2.05, 4.69) is 10.1 Å². The number of hydrogen-bond donors (Lipinski definition) is 0. The first-order chi connectivity index (χ1) is 18.6. The van der Waals surface area contributed by atoms with Gasteiger partial charge in [-0.05, 0) is 48.9 Å². The van der Waals surface area contributed by atoms with Crippen molar-refractivity contribution in [2.75, 3.05) is 33.3 Å². The maximum absolute atomic E-state index is 14.2. The SMILES string of the molecule is COc1ccc(-c2nc3c(C(=O)N4CCN(Cc5ccc(F)c(F)c5)CC4)cnn3c(C(F)(F)F)c2C)cc1. The number of methoxy groups -OCH3 is 1. The molecule has 2 aromatic carbocycles. The van der Waals surface area contributed by atoms with Crippen LogP contribution in [-0.4, -0.2) is 63.6 Å². The fourth-order valence-corrected chi connectivity index (χ4v) is 4.76. The number of hydrogen-bond acceptors (Lipinski definition) is 5. The molecule has 0 N–H and O–H groups in total. The van der Waals surface area contributed by atoms with E-state index in [4.69, 9.17) is 4.74 Å². The van der Waals surface area contributed by atoms with Gasteiger partial charge in [0.25, 0.3) is 5.91 Å². The molecule has 4 aromatic rings. The van der Waals surface area contributed by atoms with Gasteiger partial charge >= 0.3 is 6.18 Å². The number of alkyl halides is 3. The number of halogens is 5. The predicted octanol–water partition coefficient (Wildman–Crippen LogP) is 4.97. The van der Waals surface area contributed by atoms with Gasteiger partial charge in [-0.1, -0.05) is 6.07 Å². The minimum absolute atomic E-state index is 0.0377. The van der Waals surface area contributed by atoms with E-state index < -0.39 is 29.4 Å². The van der Waals surface area contributed by atoms with Crippen molar-refractivity contribution in [2.45, 2.75) is 19.6 Å². The van der Waals surface area contributed by atoms with Crippen LogP contribution in [0.1, 0.15) is 27.2 Å². The van der Waals surface area contributed by atoms with Gasteiger partial charge in [-0.15, -0.1) is 0 Å². The highest BCUT2D eigenvalue weighted by Gasteiger charge is 2.39. The van der Waals surface area contributed by atoms with Crippen LogP contribution >= 0.6 is 0 Å². The maximum atomic E-state index is 14.2. The zero-order chi connectivity index (χ0) is 27.9. The molecule has 0 saturated carbocycles. The Kier molecular flexibility index (Phi) is 6.98. The van der Waals surface area contributed by atoms with Gasteiger partial charge < -0.3 is 9.64 Å². The van der Waals surface area contributed by atoms with Crippen molar-refractivity contribution in [3.8, 4) is 17.0 Å². The summed E-state index contributed by atoms with van der Waals surface area (Å²) in [5.41, 5.74) is -0.226. The highest BCUT2D eigenvalue weighted by Crippen LogP contribution is 2.37. The van der Waals surface area contributed by atoms with Crippen molar-refractivity contribution in [3.63, 3.8) is 0 Å². The quantitative estimate of drug-likeness (QED) is 0.332. The molecule has 3 heterocycles. The van der Waals surface area contributed by atoms with Crippen LogP contribution in [-0.2, 0) is 12.7 Å². The van der Waals surface area contributed by atoms with Crippen LogP contribution in [0.4, 0.5) is 22.0 Å². The Bertz CT molecular complexity index is 1530. The largest absolute Gasteiger partial charge is 0.497 e. The molecule has 0 spiro atoms. The van der Waals surface area contributed by atoms with Gasteiger partial charge in [-0.3, -0.25) is 9.69 Å². The van der Waals surface area contributed by atoms with Gasteiger partial charge in [-0.25, -0.2) is 18.3 Å². The third-order valence-electron chi connectivity index (χ3n) is 6.80. The lowest BCUT2D eigenvalue weighted by Crippen LogP contribution is -2.48. The number of rotatable bonds is 5. The molecular formula is C27H24F5N5O2. The fraction of sp³-hybridized carbons (Fsp3) is 0.296. The molecule has 1 amide bonds. The van der Waals surface area contributed by atoms with Gasteiger partial charge in [0.15, 0.2) is 23.0 Å². The van der Waals surface area contributed by atoms with Crippen molar-refractivity contribution >= 4 is 11.6 Å². The molecule has 0 atom stereocenters. The zero-order valence-electron chi connectivity index (χ0n) is 21.1. The molecular weight excluding hydrogens is 521 g/mol. The van der Waals surface area contributed by atoms with E-state index in [-0.39, 0.29) is 22.5 Å². The Balaban J connectivity index is 1.43. The lowest BCUT2D eigenvalue weighted by Gasteiger charge is -2.34. The molecule has 7 nitrogen and oxygen atoms in total. The van der Waals surface area contributed by atoms with Gasteiger partial charge in [0.1, 0.15) is 11.3 Å². The summed E-state index contributed by atoms with van der Waals surface area (Å²) in [4.78, 5) is 21.4. The summed E-state index contributed by atoms with van der Waals surface area (Å²) >= 11 is 0. The number of fused-ring (bicyclic) bond motifs is 1. The summed E-state index contributed by atoms with van der Waals surface area (Å²) in [6.45, 7) is 3.18. The molecule has 0 bridgehead atoms. The van der Waals surface area contributed by atoms with Crippen molar-refractivity contribution in [3.05, 3.63) is 82.7 Å². The number of benzene rings is 2. The molecule has 1 saturated heterocycles. The first-order valence-corrected chi connectivity index (χ1v) is 12.1. The molecule has 1 fully saturated rings. The van der Waals surface area contributed by atoms with E-state index in [1.807, 2.05) is 4.90 Å². The number of ether oxygens (including phenoxy) is 1. The second-order valence-electron chi connectivity index (χ2n) is 9.27. The molecule has 0 aliphatic carbocycles. The van der Waals surface area contributed by atoms with Crippen molar-refractivity contribution in [1.29, 1.82) is 0 Å². The number of carbonyl (C=O) groups excluding carboxylic acids is 1. The second kappa shape index (κ2) is 10.3. The lowest BCUT2D eigenvalue weighted by molar-refractivity contribution is -0.143. The van der Waals surface area contributed by atoms with E-state index in [1.165, 1.54) is 25.0 Å². The summed E-state index contributed by atoms with van der Waals surface area (Å²) in [5, 5.41) is 3.90. The van der Waals surface area contributed by atoms with Gasteiger partial charge in [0, 0.05) is 43.9 Å². The highest BCUT2D eigenvalue weighted by atomic mass is 19.4. The lowest BCUT2D eigenvalue weighted by atomic mass is 10.0. The number of piperazine rings is 1. The van der Waals surface area contributed by atoms with E-state index in [1.54, 1.807) is 24.3 Å². The molecule has 12 heteroatoms. The van der Waals surface area contributed by atoms with Crippen molar-refractivity contribution in [2.24, 2.45) is 0 Å². The van der Waals surface area contributed by atoms with Crippen LogP contribution in [0.5, 0.6) is 5.75 Å². The number of nitrogens with zero attached hydrogens (tertiary/aromatic N) is 5. The van der Waals surface area contributed by atoms with E-state index >= 15 is 0 Å². The van der Waals surface area contributed by atoms with Crippen molar-refractivity contribution < 1.29 is 31.5 Å². The topological polar surface area (TPSA) is 63.0 Å². The van der Waals surface area contributed by atoms with Crippen LogP contribution in [0.2, 0.25) is 0 Å². The molecule has 0 radical (unpaired) electrons. The summed E-state index contributed by atoms with van der Waals surface area (Å²) in [7, 11) is 1.49. The number of amides is 1. The van der Waals surface area contributed by atoms with Crippen LogP contribution in [0.15, 0.2) is 48.7 Å². The van der Waals surface area contributed by atoms with Gasteiger partial charge in [0.2, 0.25) is 0 Å². The van der Waals surface area contributed by atoms with Gasteiger partial charge in [-0.2, -0.15) is 18.3 Å². The molecule has 1 aliphatic rings. The molecule has 1 aliphatic heterocycles. The van der Waals surface area contributed by atoms with E-state index in [0.29, 0.717) is 54.1 Å². The minimum atomic E-state index is -4.75. The molecule has 204 valence electrons. The minimum Gasteiger partial charge on any atom is -0.497 e. The Morgan fingerprint density at radius 3 is 2.31 bits per heavy atom. The van der Waals surface area contributed by atoms with Crippen LogP contribution in [0.25, 0.3) is 16.9 Å². The Morgan fingerprint density at radius 2 is 1.69 bits per heavy atom. The molecule has 0 unspecified atom stereocenters. The molecule has 5 rings (SSSR count). The molecule has 39 heavy (non-hydrogen) atoms. The average Bonchev–Trinajstić information content (AvgIpc) is 3.33. The number of aromatic nitrogens is 3. The highest BCUT2D eigenvalue weighted by molar-refractivity contribution is 6.00. The fourth-order valence-electron chi connectivity index (χ4n) is 4.76. The molecule has 2 aromatic heterocycles. The number of carbonyl (C=O) groups is 1. The standard InChI is InChI=1S/C27H24F5N5O2/c1-16-23(18-4-6-19(39-2)7-5-18)34-25-20(14-33-37(25)24(16)27(30,31)32)26(38)36-11-9-35(10-12-36)15-17-3-8-21(28)22(29)13-17/h3-8,13-14H,9-12,15H2,1-2H3. The average molecular weight is 546 g/mol. The summed E-state index contributed by atoms with van der Waals surface area (Å²) < 4.78 is 75.1. The second-order valence-corrected chi connectivity index (χ2v) is 9.27. The normalized spacial score (nSPS) is 14.7. The Labute approximate surface area is 220 Å².